The highest BCUT2D eigenvalue weighted by Gasteiger charge is 2.20. The summed E-state index contributed by atoms with van der Waals surface area (Å²) in [7, 11) is 0. The monoisotopic (exact) mass is 463 g/mol. The molecule has 1 atom stereocenters. The minimum Gasteiger partial charge on any atom is -0.482 e. The van der Waals surface area contributed by atoms with Crippen LogP contribution in [0.1, 0.15) is 18.5 Å². The summed E-state index contributed by atoms with van der Waals surface area (Å²) in [5.74, 6) is -0.979. The van der Waals surface area contributed by atoms with Crippen LogP contribution in [0.15, 0.2) is 77.1 Å². The average Bonchev–Trinajstić information content (AvgIpc) is 3.24. The van der Waals surface area contributed by atoms with E-state index in [1.807, 2.05) is 65.4 Å². The number of aromatic nitrogens is 1. The summed E-state index contributed by atoms with van der Waals surface area (Å²) in [5, 5.41) is 4.77. The lowest BCUT2D eigenvalue weighted by atomic mass is 10.1. The van der Waals surface area contributed by atoms with Gasteiger partial charge in [-0.1, -0.05) is 30.3 Å². The summed E-state index contributed by atoms with van der Waals surface area (Å²) in [6, 6.07) is 18.7. The number of hydrogen-bond donors (Lipinski definition) is 1. The minimum absolute atomic E-state index is 0.0118. The molecule has 0 bridgehead atoms. The summed E-state index contributed by atoms with van der Waals surface area (Å²) >= 11 is 1.36. The van der Waals surface area contributed by atoms with Crippen LogP contribution < -0.4 is 14.9 Å². The van der Waals surface area contributed by atoms with E-state index in [1.54, 1.807) is 0 Å². The maximum atomic E-state index is 14.4. The lowest BCUT2D eigenvalue weighted by Crippen LogP contribution is -2.25. The van der Waals surface area contributed by atoms with Gasteiger partial charge in [0, 0.05) is 17.0 Å². The van der Waals surface area contributed by atoms with E-state index in [4.69, 9.17) is 4.74 Å². The molecule has 0 saturated carbocycles. The number of thiazole rings is 1. The smallest absolute Gasteiger partial charge is 0.262 e. The Hall–Kier alpha value is -3.78. The summed E-state index contributed by atoms with van der Waals surface area (Å²) in [5.41, 5.74) is 3.40. The Balaban J connectivity index is 1.68. The number of halogens is 2. The van der Waals surface area contributed by atoms with E-state index >= 15 is 0 Å². The van der Waals surface area contributed by atoms with Gasteiger partial charge in [-0.25, -0.2) is 13.8 Å². The quantitative estimate of drug-likeness (QED) is 0.424. The predicted molar refractivity (Wildman–Crippen MR) is 124 cm³/mol. The van der Waals surface area contributed by atoms with Crippen LogP contribution >= 0.6 is 11.3 Å². The SMILES string of the molecule is CC(c1ccccc1)n1c(-c2ccc3c(c2)NC(=O)CO3)csc1=Nc1ccc(F)cc1F. The molecule has 1 aliphatic heterocycles. The number of carbonyl (C=O) groups is 1. The van der Waals surface area contributed by atoms with Gasteiger partial charge < -0.3 is 14.6 Å². The van der Waals surface area contributed by atoms with Gasteiger partial charge in [0.05, 0.1) is 17.4 Å². The first-order valence-corrected chi connectivity index (χ1v) is 11.2. The van der Waals surface area contributed by atoms with E-state index in [0.717, 1.165) is 22.9 Å². The van der Waals surface area contributed by atoms with Crippen LogP contribution in [0, 0.1) is 11.6 Å². The van der Waals surface area contributed by atoms with Crippen molar-refractivity contribution in [1.82, 2.24) is 4.57 Å². The molecule has 5 nitrogen and oxygen atoms in total. The van der Waals surface area contributed by atoms with Gasteiger partial charge >= 0.3 is 0 Å². The highest BCUT2D eigenvalue weighted by molar-refractivity contribution is 7.07. The molecule has 0 spiro atoms. The van der Waals surface area contributed by atoms with E-state index in [-0.39, 0.29) is 24.2 Å². The van der Waals surface area contributed by atoms with Crippen molar-refractivity contribution in [3.8, 4) is 17.0 Å². The molecule has 3 aromatic carbocycles. The van der Waals surface area contributed by atoms with Crippen LogP contribution in [0.3, 0.4) is 0 Å². The standard InChI is InChI=1S/C25H19F2N3O2S/c1-15(16-5-3-2-4-6-16)30-22(17-7-10-23-21(11-17)28-24(31)13-32-23)14-33-25(30)29-20-9-8-18(26)12-19(20)27/h2-12,14-15H,13H2,1H3,(H,28,31). The molecule has 0 radical (unpaired) electrons. The Morgan fingerprint density at radius 2 is 1.91 bits per heavy atom. The first kappa shape index (κ1) is 21.1. The molecule has 0 fully saturated rings. The topological polar surface area (TPSA) is 55.6 Å². The molecule has 1 unspecified atom stereocenters. The fraction of sp³-hybridized carbons (Fsp3) is 0.120. The molecular formula is C25H19F2N3O2S. The Morgan fingerprint density at radius 1 is 1.09 bits per heavy atom. The lowest BCUT2D eigenvalue weighted by Gasteiger charge is -2.21. The summed E-state index contributed by atoms with van der Waals surface area (Å²) in [6.45, 7) is 2.02. The summed E-state index contributed by atoms with van der Waals surface area (Å²) < 4.78 is 35.2. The second-order valence-corrected chi connectivity index (χ2v) is 8.45. The zero-order chi connectivity index (χ0) is 22.9. The number of hydrogen-bond acceptors (Lipinski definition) is 4. The van der Waals surface area contributed by atoms with Gasteiger partial charge in [0.1, 0.15) is 17.3 Å². The van der Waals surface area contributed by atoms with E-state index in [9.17, 15) is 13.6 Å². The third-order valence-corrected chi connectivity index (χ3v) is 6.28. The highest BCUT2D eigenvalue weighted by Crippen LogP contribution is 2.34. The molecule has 33 heavy (non-hydrogen) atoms. The summed E-state index contributed by atoms with van der Waals surface area (Å²) in [6.07, 6.45) is 0. The van der Waals surface area contributed by atoms with Gasteiger partial charge in [-0.2, -0.15) is 0 Å². The number of amides is 1. The molecule has 1 amide bonds. The third kappa shape index (κ3) is 4.17. The largest absolute Gasteiger partial charge is 0.482 e. The number of nitrogens with one attached hydrogen (secondary N) is 1. The van der Waals surface area contributed by atoms with E-state index in [1.165, 1.54) is 23.5 Å². The maximum Gasteiger partial charge on any atom is 0.262 e. The fourth-order valence-corrected chi connectivity index (χ4v) is 4.77. The van der Waals surface area contributed by atoms with Gasteiger partial charge in [-0.05, 0) is 42.8 Å². The molecular weight excluding hydrogens is 444 g/mol. The fourth-order valence-electron chi connectivity index (χ4n) is 3.78. The van der Waals surface area contributed by atoms with Crippen molar-refractivity contribution in [2.24, 2.45) is 4.99 Å². The molecule has 0 aliphatic carbocycles. The Labute approximate surface area is 192 Å². The van der Waals surface area contributed by atoms with Crippen LogP contribution in [-0.4, -0.2) is 17.1 Å². The number of benzene rings is 3. The Morgan fingerprint density at radius 3 is 2.70 bits per heavy atom. The van der Waals surface area contributed by atoms with Gasteiger partial charge in [0.25, 0.3) is 5.91 Å². The van der Waals surface area contributed by atoms with Gasteiger partial charge in [-0.3, -0.25) is 4.79 Å². The zero-order valence-electron chi connectivity index (χ0n) is 17.6. The Bertz CT molecular complexity index is 1410. The van der Waals surface area contributed by atoms with Crippen LogP contribution in [0.4, 0.5) is 20.2 Å². The zero-order valence-corrected chi connectivity index (χ0v) is 18.4. The molecule has 1 aromatic heterocycles. The Kier molecular flexibility index (Phi) is 5.51. The molecule has 0 saturated heterocycles. The number of anilines is 1. The van der Waals surface area contributed by atoms with E-state index in [2.05, 4.69) is 10.3 Å². The van der Waals surface area contributed by atoms with E-state index < -0.39 is 11.6 Å². The third-order valence-electron chi connectivity index (χ3n) is 5.44. The summed E-state index contributed by atoms with van der Waals surface area (Å²) in [4.78, 5) is 16.9. The molecule has 1 N–H and O–H groups in total. The number of fused-ring (bicyclic) bond motifs is 1. The van der Waals surface area contributed by atoms with Crippen LogP contribution in [-0.2, 0) is 4.79 Å². The lowest BCUT2D eigenvalue weighted by molar-refractivity contribution is -0.118. The first-order valence-electron chi connectivity index (χ1n) is 10.3. The van der Waals surface area contributed by atoms with Gasteiger partial charge in [0.2, 0.25) is 0 Å². The molecule has 5 rings (SSSR count). The van der Waals surface area contributed by atoms with Crippen LogP contribution in [0.2, 0.25) is 0 Å². The predicted octanol–water partition coefficient (Wildman–Crippen LogP) is 5.67. The maximum absolute atomic E-state index is 14.4. The highest BCUT2D eigenvalue weighted by atomic mass is 32.1. The van der Waals surface area contributed by atoms with Crippen molar-refractivity contribution < 1.29 is 18.3 Å². The normalized spacial score (nSPS) is 14.4. The minimum atomic E-state index is -0.725. The van der Waals surface area contributed by atoms with Crippen molar-refractivity contribution in [3.63, 3.8) is 0 Å². The average molecular weight is 464 g/mol. The molecule has 2 heterocycles. The van der Waals surface area contributed by atoms with E-state index in [0.29, 0.717) is 16.2 Å². The number of rotatable bonds is 4. The van der Waals surface area contributed by atoms with Crippen molar-refractivity contribution in [2.75, 3.05) is 11.9 Å². The molecule has 166 valence electrons. The van der Waals surface area contributed by atoms with Crippen LogP contribution in [0.25, 0.3) is 11.3 Å². The van der Waals surface area contributed by atoms with Crippen molar-refractivity contribution in [2.45, 2.75) is 13.0 Å². The van der Waals surface area contributed by atoms with Gasteiger partial charge in [0.15, 0.2) is 17.2 Å². The number of nitrogens with zero attached hydrogens (tertiary/aromatic N) is 2. The second kappa shape index (κ2) is 8.63. The van der Waals surface area contributed by atoms with Crippen molar-refractivity contribution in [3.05, 3.63) is 94.1 Å². The second-order valence-electron chi connectivity index (χ2n) is 7.62. The van der Waals surface area contributed by atoms with Crippen molar-refractivity contribution >= 4 is 28.6 Å². The first-order chi connectivity index (χ1) is 16.0. The molecule has 4 aromatic rings. The molecule has 1 aliphatic rings. The number of ether oxygens (including phenoxy) is 1. The number of carbonyl (C=O) groups excluding carboxylic acids is 1. The molecule has 8 heteroatoms. The van der Waals surface area contributed by atoms with Crippen molar-refractivity contribution in [1.29, 1.82) is 0 Å². The van der Waals surface area contributed by atoms with Gasteiger partial charge in [-0.15, -0.1) is 11.3 Å². The van der Waals surface area contributed by atoms with Crippen LogP contribution in [0.5, 0.6) is 5.75 Å².